The lowest BCUT2D eigenvalue weighted by atomic mass is 9.93. The first-order chi connectivity index (χ1) is 19.6. The van der Waals surface area contributed by atoms with Crippen LogP contribution in [0, 0.1) is 12.8 Å². The number of nitrogens with one attached hydrogen (secondary N) is 1. The smallest absolute Gasteiger partial charge is 0.137 e. The quantitative estimate of drug-likeness (QED) is 0.254. The second kappa shape index (κ2) is 12.2. The summed E-state index contributed by atoms with van der Waals surface area (Å²) in [4.78, 5) is 19.0. The summed E-state index contributed by atoms with van der Waals surface area (Å²) < 4.78 is 6.05. The molecule has 1 N–H and O–H groups in total. The molecular weight excluding hydrogens is 520 g/mol. The zero-order chi connectivity index (χ0) is 27.3. The summed E-state index contributed by atoms with van der Waals surface area (Å²) in [5, 5.41) is 4.38. The van der Waals surface area contributed by atoms with E-state index in [-0.39, 0.29) is 6.04 Å². The first kappa shape index (κ1) is 26.5. The Morgan fingerprint density at radius 1 is 0.925 bits per heavy atom. The number of ether oxygens (including phenoxy) is 1. The summed E-state index contributed by atoms with van der Waals surface area (Å²) in [7, 11) is 0. The van der Waals surface area contributed by atoms with Crippen LogP contribution in [0.25, 0.3) is 0 Å². The number of piperidine rings is 1. The third-order valence-corrected chi connectivity index (χ3v) is 8.02. The molecule has 0 saturated carbocycles. The normalized spacial score (nSPS) is 17.9. The lowest BCUT2D eigenvalue weighted by Crippen LogP contribution is -2.41. The molecule has 0 aliphatic carbocycles. The summed E-state index contributed by atoms with van der Waals surface area (Å²) in [5.74, 6) is 4.02. The highest BCUT2D eigenvalue weighted by Crippen LogP contribution is 2.36. The molecule has 0 radical (unpaired) electrons. The molecule has 1 fully saturated rings. The number of halogens is 1. The summed E-state index contributed by atoms with van der Waals surface area (Å²) in [5.41, 5.74) is 3.31. The SMILES string of the molecule is Cc1ncc2c(n1)N(CC1CCN(Cc3ccccn3)CC1)CCC2Nc1cccc(Oc2cccc(Cl)c2)c1. The van der Waals surface area contributed by atoms with Crippen molar-refractivity contribution < 1.29 is 4.74 Å². The standard InChI is InChI=1S/C32H35ClN6O/c1-23-35-20-30-31(37-26-8-5-10-29(19-26)40-28-9-4-6-25(33)18-28)13-17-39(32(30)36-23)21-24-11-15-38(16-12-24)22-27-7-2-3-14-34-27/h2-10,14,18-20,24,31,37H,11-13,15-17,21-22H2,1H3. The maximum absolute atomic E-state index is 6.13. The van der Waals surface area contributed by atoms with Crippen LogP contribution in [0.1, 0.15) is 42.4 Å². The highest BCUT2D eigenvalue weighted by molar-refractivity contribution is 6.30. The Labute approximate surface area is 241 Å². The fourth-order valence-corrected chi connectivity index (χ4v) is 5.90. The van der Waals surface area contributed by atoms with Crippen molar-refractivity contribution in [1.82, 2.24) is 19.9 Å². The van der Waals surface area contributed by atoms with Crippen molar-refractivity contribution in [2.45, 2.75) is 38.8 Å². The van der Waals surface area contributed by atoms with E-state index in [0.717, 1.165) is 79.2 Å². The van der Waals surface area contributed by atoms with E-state index >= 15 is 0 Å². The highest BCUT2D eigenvalue weighted by atomic mass is 35.5. The van der Waals surface area contributed by atoms with E-state index in [4.69, 9.17) is 21.3 Å². The monoisotopic (exact) mass is 554 g/mol. The van der Waals surface area contributed by atoms with E-state index in [2.05, 4.69) is 43.3 Å². The van der Waals surface area contributed by atoms with Gasteiger partial charge in [0, 0.05) is 54.4 Å². The number of nitrogens with zero attached hydrogens (tertiary/aromatic N) is 5. The summed E-state index contributed by atoms with van der Waals surface area (Å²) in [6.07, 6.45) is 7.27. The van der Waals surface area contributed by atoms with Crippen LogP contribution in [-0.4, -0.2) is 46.0 Å². The molecule has 4 aromatic rings. The van der Waals surface area contributed by atoms with E-state index < -0.39 is 0 Å². The Morgan fingerprint density at radius 2 is 1.75 bits per heavy atom. The largest absolute Gasteiger partial charge is 0.457 e. The Morgan fingerprint density at radius 3 is 2.55 bits per heavy atom. The number of anilines is 2. The third kappa shape index (κ3) is 6.54. The zero-order valence-corrected chi connectivity index (χ0v) is 23.6. The van der Waals surface area contributed by atoms with Gasteiger partial charge in [-0.15, -0.1) is 0 Å². The van der Waals surface area contributed by atoms with E-state index in [0.29, 0.717) is 10.9 Å². The maximum Gasteiger partial charge on any atom is 0.137 e. The van der Waals surface area contributed by atoms with E-state index in [1.54, 1.807) is 0 Å². The first-order valence-corrected chi connectivity index (χ1v) is 14.5. The van der Waals surface area contributed by atoms with Gasteiger partial charge in [-0.3, -0.25) is 9.88 Å². The Bertz CT molecular complexity index is 1430. The second-order valence-electron chi connectivity index (χ2n) is 10.8. The van der Waals surface area contributed by atoms with Crippen LogP contribution < -0.4 is 15.0 Å². The summed E-state index contributed by atoms with van der Waals surface area (Å²) in [6.45, 7) is 7.14. The van der Waals surface area contributed by atoms with Gasteiger partial charge in [-0.2, -0.15) is 0 Å². The fourth-order valence-electron chi connectivity index (χ4n) is 5.72. The molecule has 7 nitrogen and oxygen atoms in total. The Balaban J connectivity index is 1.10. The second-order valence-corrected chi connectivity index (χ2v) is 11.2. The average molecular weight is 555 g/mol. The van der Waals surface area contributed by atoms with Crippen LogP contribution in [0.3, 0.4) is 0 Å². The zero-order valence-electron chi connectivity index (χ0n) is 22.8. The van der Waals surface area contributed by atoms with Crippen LogP contribution in [-0.2, 0) is 6.54 Å². The van der Waals surface area contributed by atoms with Crippen LogP contribution in [0.5, 0.6) is 11.5 Å². The molecule has 2 aliphatic rings. The van der Waals surface area contributed by atoms with Gasteiger partial charge in [0.2, 0.25) is 0 Å². The molecule has 206 valence electrons. The fraction of sp³-hybridized carbons (Fsp3) is 0.344. The molecule has 0 bridgehead atoms. The molecule has 40 heavy (non-hydrogen) atoms. The molecule has 1 saturated heterocycles. The molecule has 0 amide bonds. The molecule has 0 spiro atoms. The van der Waals surface area contributed by atoms with Crippen LogP contribution in [0.2, 0.25) is 5.02 Å². The average Bonchev–Trinajstić information content (AvgIpc) is 2.96. The van der Waals surface area contributed by atoms with Gasteiger partial charge in [0.1, 0.15) is 23.1 Å². The van der Waals surface area contributed by atoms with Gasteiger partial charge in [-0.05, 0) is 87.7 Å². The molecule has 1 unspecified atom stereocenters. The Hall–Kier alpha value is -3.68. The summed E-state index contributed by atoms with van der Waals surface area (Å²) >= 11 is 6.13. The minimum absolute atomic E-state index is 0.133. The minimum Gasteiger partial charge on any atom is -0.457 e. The lowest BCUT2D eigenvalue weighted by Gasteiger charge is -2.39. The predicted octanol–water partition coefficient (Wildman–Crippen LogP) is 6.90. The van der Waals surface area contributed by atoms with E-state index in [1.807, 2.05) is 67.8 Å². The molecule has 2 aromatic heterocycles. The number of benzene rings is 2. The van der Waals surface area contributed by atoms with Gasteiger partial charge >= 0.3 is 0 Å². The minimum atomic E-state index is 0.133. The van der Waals surface area contributed by atoms with Gasteiger partial charge < -0.3 is 15.0 Å². The Kier molecular flexibility index (Phi) is 8.11. The van der Waals surface area contributed by atoms with Crippen molar-refractivity contribution in [3.05, 3.63) is 101 Å². The van der Waals surface area contributed by atoms with E-state index in [1.165, 1.54) is 12.8 Å². The van der Waals surface area contributed by atoms with Crippen molar-refractivity contribution in [1.29, 1.82) is 0 Å². The van der Waals surface area contributed by atoms with Gasteiger partial charge in [0.25, 0.3) is 0 Å². The van der Waals surface area contributed by atoms with Gasteiger partial charge in [-0.25, -0.2) is 9.97 Å². The summed E-state index contributed by atoms with van der Waals surface area (Å²) in [6, 6.07) is 21.8. The van der Waals surface area contributed by atoms with Crippen molar-refractivity contribution in [3.63, 3.8) is 0 Å². The number of hydrogen-bond donors (Lipinski definition) is 1. The predicted molar refractivity (Wildman–Crippen MR) is 160 cm³/mol. The van der Waals surface area contributed by atoms with Crippen molar-refractivity contribution >= 4 is 23.1 Å². The maximum atomic E-state index is 6.13. The van der Waals surface area contributed by atoms with Crippen molar-refractivity contribution in [3.8, 4) is 11.5 Å². The molecule has 2 aliphatic heterocycles. The molecule has 1 atom stereocenters. The van der Waals surface area contributed by atoms with Gasteiger partial charge in [0.15, 0.2) is 0 Å². The number of pyridine rings is 1. The van der Waals surface area contributed by atoms with Crippen LogP contribution in [0.15, 0.2) is 79.1 Å². The van der Waals surface area contributed by atoms with E-state index in [9.17, 15) is 0 Å². The number of fused-ring (bicyclic) bond motifs is 1. The van der Waals surface area contributed by atoms with Crippen LogP contribution in [0.4, 0.5) is 11.5 Å². The van der Waals surface area contributed by atoms with Crippen molar-refractivity contribution in [2.24, 2.45) is 5.92 Å². The molecular formula is C32H35ClN6O. The van der Waals surface area contributed by atoms with Gasteiger partial charge in [-0.1, -0.05) is 29.8 Å². The highest BCUT2D eigenvalue weighted by Gasteiger charge is 2.30. The molecule has 4 heterocycles. The number of likely N-dealkylation sites (tertiary alicyclic amines) is 1. The number of aryl methyl sites for hydroxylation is 1. The van der Waals surface area contributed by atoms with Gasteiger partial charge in [0.05, 0.1) is 11.7 Å². The lowest BCUT2D eigenvalue weighted by molar-refractivity contribution is 0.177. The molecule has 2 aromatic carbocycles. The topological polar surface area (TPSA) is 66.4 Å². The van der Waals surface area contributed by atoms with Crippen molar-refractivity contribution in [2.75, 3.05) is 36.4 Å². The molecule has 8 heteroatoms. The third-order valence-electron chi connectivity index (χ3n) is 7.78. The molecule has 6 rings (SSSR count). The first-order valence-electron chi connectivity index (χ1n) is 14.1. The number of hydrogen-bond acceptors (Lipinski definition) is 7. The van der Waals surface area contributed by atoms with Crippen LogP contribution >= 0.6 is 11.6 Å². The number of aromatic nitrogens is 3. The number of rotatable bonds is 8.